The molecule has 98 valence electrons. The first-order valence-corrected chi connectivity index (χ1v) is 5.78. The van der Waals surface area contributed by atoms with Crippen molar-refractivity contribution in [1.82, 2.24) is 0 Å². The van der Waals surface area contributed by atoms with E-state index in [1.165, 1.54) is 14.2 Å². The number of hydrogen-bond donors (Lipinski definition) is 1. The summed E-state index contributed by atoms with van der Waals surface area (Å²) in [5.41, 5.74) is 7.32. The second-order valence-corrected chi connectivity index (χ2v) is 4.00. The third kappa shape index (κ3) is 2.52. The van der Waals surface area contributed by atoms with Crippen molar-refractivity contribution in [1.29, 1.82) is 0 Å². The number of methoxy groups -OCH3 is 2. The van der Waals surface area contributed by atoms with Gasteiger partial charge >= 0.3 is 0 Å². The molecule has 2 N–H and O–H groups in total. The van der Waals surface area contributed by atoms with E-state index >= 15 is 0 Å². The van der Waals surface area contributed by atoms with E-state index in [4.69, 9.17) is 15.2 Å². The molecular formula is C15H15NO3. The lowest BCUT2D eigenvalue weighted by Gasteiger charge is -2.12. The molecule has 0 heterocycles. The highest BCUT2D eigenvalue weighted by Crippen LogP contribution is 2.35. The molecule has 0 fully saturated rings. The fourth-order valence-corrected chi connectivity index (χ4v) is 1.88. The molecule has 0 atom stereocenters. The van der Waals surface area contributed by atoms with E-state index in [1.807, 2.05) is 18.2 Å². The molecule has 19 heavy (non-hydrogen) atoms. The predicted molar refractivity (Wildman–Crippen MR) is 73.8 cm³/mol. The Kier molecular flexibility index (Phi) is 3.71. The Morgan fingerprint density at radius 1 is 1.00 bits per heavy atom. The highest BCUT2D eigenvalue weighted by atomic mass is 16.5. The SMILES string of the molecule is COc1cc(C(=O)c2ccccc2)cc(N)c1OC. The fraction of sp³-hybridized carbons (Fsp3) is 0.133. The maximum absolute atomic E-state index is 12.3. The molecule has 2 aromatic rings. The number of benzene rings is 2. The highest BCUT2D eigenvalue weighted by Gasteiger charge is 2.15. The van der Waals surface area contributed by atoms with Gasteiger partial charge in [-0.25, -0.2) is 0 Å². The normalized spacial score (nSPS) is 10.0. The Bertz CT molecular complexity index is 594. The fourth-order valence-electron chi connectivity index (χ4n) is 1.88. The topological polar surface area (TPSA) is 61.5 Å². The van der Waals surface area contributed by atoms with E-state index in [0.717, 1.165) is 0 Å². The third-order valence-corrected chi connectivity index (χ3v) is 2.81. The van der Waals surface area contributed by atoms with Crippen LogP contribution in [0.1, 0.15) is 15.9 Å². The van der Waals surface area contributed by atoms with E-state index in [1.54, 1.807) is 24.3 Å². The molecule has 0 aliphatic carbocycles. The van der Waals surface area contributed by atoms with E-state index in [0.29, 0.717) is 28.3 Å². The van der Waals surface area contributed by atoms with Gasteiger partial charge in [-0.3, -0.25) is 4.79 Å². The molecule has 0 bridgehead atoms. The molecule has 0 aliphatic heterocycles. The Labute approximate surface area is 111 Å². The molecule has 0 saturated carbocycles. The monoisotopic (exact) mass is 257 g/mol. The Morgan fingerprint density at radius 3 is 2.26 bits per heavy atom. The van der Waals surface area contributed by atoms with Gasteiger partial charge in [0.2, 0.25) is 0 Å². The maximum atomic E-state index is 12.3. The molecule has 0 radical (unpaired) electrons. The minimum atomic E-state index is -0.103. The van der Waals surface area contributed by atoms with Crippen LogP contribution in [-0.4, -0.2) is 20.0 Å². The van der Waals surface area contributed by atoms with Crippen molar-refractivity contribution in [3.05, 3.63) is 53.6 Å². The van der Waals surface area contributed by atoms with Gasteiger partial charge in [-0.2, -0.15) is 0 Å². The number of rotatable bonds is 4. The van der Waals surface area contributed by atoms with Crippen molar-refractivity contribution in [3.8, 4) is 11.5 Å². The third-order valence-electron chi connectivity index (χ3n) is 2.81. The van der Waals surface area contributed by atoms with Crippen LogP contribution in [0.3, 0.4) is 0 Å². The first-order valence-electron chi connectivity index (χ1n) is 5.78. The average molecular weight is 257 g/mol. The number of carbonyl (C=O) groups is 1. The molecule has 0 spiro atoms. The Balaban J connectivity index is 2.47. The number of ether oxygens (including phenoxy) is 2. The molecule has 0 aromatic heterocycles. The van der Waals surface area contributed by atoms with Crippen LogP contribution in [0.15, 0.2) is 42.5 Å². The van der Waals surface area contributed by atoms with Gasteiger partial charge < -0.3 is 15.2 Å². The zero-order chi connectivity index (χ0) is 13.8. The summed E-state index contributed by atoms with van der Waals surface area (Å²) < 4.78 is 10.3. The van der Waals surface area contributed by atoms with Gasteiger partial charge in [-0.05, 0) is 12.1 Å². The molecule has 4 nitrogen and oxygen atoms in total. The largest absolute Gasteiger partial charge is 0.493 e. The average Bonchev–Trinajstić information content (AvgIpc) is 2.46. The zero-order valence-electron chi connectivity index (χ0n) is 10.8. The lowest BCUT2D eigenvalue weighted by atomic mass is 10.0. The lowest BCUT2D eigenvalue weighted by molar-refractivity contribution is 0.103. The van der Waals surface area contributed by atoms with Gasteiger partial charge in [0.05, 0.1) is 19.9 Å². The molecule has 0 aliphatic rings. The van der Waals surface area contributed by atoms with Gasteiger partial charge in [-0.1, -0.05) is 30.3 Å². The van der Waals surface area contributed by atoms with Crippen LogP contribution in [0, 0.1) is 0 Å². The van der Waals surface area contributed by atoms with Crippen LogP contribution in [0.25, 0.3) is 0 Å². The van der Waals surface area contributed by atoms with E-state index < -0.39 is 0 Å². The van der Waals surface area contributed by atoms with Crippen molar-refractivity contribution in [2.75, 3.05) is 20.0 Å². The number of ketones is 1. The molecule has 0 saturated heterocycles. The molecular weight excluding hydrogens is 242 g/mol. The van der Waals surface area contributed by atoms with Crippen molar-refractivity contribution < 1.29 is 14.3 Å². The lowest BCUT2D eigenvalue weighted by Crippen LogP contribution is -2.04. The summed E-state index contributed by atoms with van der Waals surface area (Å²) >= 11 is 0. The van der Waals surface area contributed by atoms with Gasteiger partial charge in [0.25, 0.3) is 0 Å². The van der Waals surface area contributed by atoms with Crippen LogP contribution in [0.4, 0.5) is 5.69 Å². The van der Waals surface area contributed by atoms with E-state index in [-0.39, 0.29) is 5.78 Å². The summed E-state index contributed by atoms with van der Waals surface area (Å²) in [5.74, 6) is 0.780. The summed E-state index contributed by atoms with van der Waals surface area (Å²) in [6.07, 6.45) is 0. The zero-order valence-corrected chi connectivity index (χ0v) is 10.8. The van der Waals surface area contributed by atoms with E-state index in [9.17, 15) is 4.79 Å². The summed E-state index contributed by atoms with van der Waals surface area (Å²) in [7, 11) is 3.01. The maximum Gasteiger partial charge on any atom is 0.193 e. The van der Waals surface area contributed by atoms with Gasteiger partial charge in [-0.15, -0.1) is 0 Å². The first kappa shape index (κ1) is 13.0. The predicted octanol–water partition coefficient (Wildman–Crippen LogP) is 2.52. The minimum absolute atomic E-state index is 0.103. The van der Waals surface area contributed by atoms with Crippen LogP contribution in [0.5, 0.6) is 11.5 Å². The second-order valence-electron chi connectivity index (χ2n) is 4.00. The Hall–Kier alpha value is -2.49. The molecule has 2 rings (SSSR count). The number of hydrogen-bond acceptors (Lipinski definition) is 4. The molecule has 0 amide bonds. The van der Waals surface area contributed by atoms with Crippen LogP contribution in [0.2, 0.25) is 0 Å². The first-order chi connectivity index (χ1) is 9.17. The van der Waals surface area contributed by atoms with E-state index in [2.05, 4.69) is 0 Å². The van der Waals surface area contributed by atoms with Crippen molar-refractivity contribution in [3.63, 3.8) is 0 Å². The summed E-state index contributed by atoms with van der Waals surface area (Å²) in [6, 6.07) is 12.2. The molecule has 4 heteroatoms. The summed E-state index contributed by atoms with van der Waals surface area (Å²) in [6.45, 7) is 0. The number of nitrogens with two attached hydrogens (primary N) is 1. The number of carbonyl (C=O) groups excluding carboxylic acids is 1. The minimum Gasteiger partial charge on any atom is -0.493 e. The quantitative estimate of drug-likeness (QED) is 0.675. The highest BCUT2D eigenvalue weighted by molar-refractivity contribution is 6.09. The summed E-state index contributed by atoms with van der Waals surface area (Å²) in [5, 5.41) is 0. The second kappa shape index (κ2) is 5.44. The molecule has 2 aromatic carbocycles. The number of nitrogen functional groups attached to an aromatic ring is 1. The van der Waals surface area contributed by atoms with Crippen molar-refractivity contribution in [2.24, 2.45) is 0 Å². The van der Waals surface area contributed by atoms with Crippen LogP contribution >= 0.6 is 0 Å². The van der Waals surface area contributed by atoms with Gasteiger partial charge in [0, 0.05) is 11.1 Å². The van der Waals surface area contributed by atoms with Crippen molar-refractivity contribution >= 4 is 11.5 Å². The van der Waals surface area contributed by atoms with Crippen LogP contribution in [-0.2, 0) is 0 Å². The van der Waals surface area contributed by atoms with Gasteiger partial charge in [0.1, 0.15) is 0 Å². The van der Waals surface area contributed by atoms with Gasteiger partial charge in [0.15, 0.2) is 17.3 Å². The molecule has 0 unspecified atom stereocenters. The number of anilines is 1. The summed E-state index contributed by atoms with van der Waals surface area (Å²) in [4.78, 5) is 12.3. The Morgan fingerprint density at radius 2 is 1.68 bits per heavy atom. The van der Waals surface area contributed by atoms with Crippen molar-refractivity contribution in [2.45, 2.75) is 0 Å². The van der Waals surface area contributed by atoms with Crippen LogP contribution < -0.4 is 15.2 Å². The standard InChI is InChI=1S/C15H15NO3/c1-18-13-9-11(8-12(16)15(13)19-2)14(17)10-6-4-3-5-7-10/h3-9H,16H2,1-2H3. The smallest absolute Gasteiger partial charge is 0.193 e.